The van der Waals surface area contributed by atoms with Gasteiger partial charge in [-0.2, -0.15) is 0 Å². The predicted octanol–water partition coefficient (Wildman–Crippen LogP) is 4.14. The van der Waals surface area contributed by atoms with Crippen molar-refractivity contribution in [3.05, 3.63) is 46.0 Å². The molecule has 2 aromatic heterocycles. The molecule has 3 rings (SSSR count). The number of rotatable bonds is 7. The van der Waals surface area contributed by atoms with Crippen LogP contribution in [0.1, 0.15) is 34.8 Å². The van der Waals surface area contributed by atoms with E-state index in [0.717, 1.165) is 25.4 Å². The van der Waals surface area contributed by atoms with Gasteiger partial charge in [-0.3, -0.25) is 4.90 Å². The summed E-state index contributed by atoms with van der Waals surface area (Å²) in [7, 11) is 0. The summed E-state index contributed by atoms with van der Waals surface area (Å²) in [6.45, 7) is 8.92. The summed E-state index contributed by atoms with van der Waals surface area (Å²) in [6.07, 6.45) is 5.90. The van der Waals surface area contributed by atoms with E-state index in [0.29, 0.717) is 0 Å². The second-order valence-electron chi connectivity index (χ2n) is 6.20. The van der Waals surface area contributed by atoms with Crippen LogP contribution < -0.4 is 0 Å². The van der Waals surface area contributed by atoms with Crippen molar-refractivity contribution in [2.24, 2.45) is 0 Å². The topological polar surface area (TPSA) is 19.6 Å². The number of furan rings is 1. The molecule has 0 amide bonds. The SMILES string of the molecule is Cc1ccc(CN(CCN2CCCCC2)Cc2ccco2)s1. The zero-order chi connectivity index (χ0) is 15.2. The van der Waals surface area contributed by atoms with Gasteiger partial charge in [0.15, 0.2) is 0 Å². The van der Waals surface area contributed by atoms with Crippen molar-refractivity contribution in [3.63, 3.8) is 0 Å². The smallest absolute Gasteiger partial charge is 0.117 e. The van der Waals surface area contributed by atoms with Crippen LogP contribution in [0, 0.1) is 6.92 Å². The van der Waals surface area contributed by atoms with E-state index in [1.807, 2.05) is 17.4 Å². The fraction of sp³-hybridized carbons (Fsp3) is 0.556. The van der Waals surface area contributed by atoms with Gasteiger partial charge in [0.1, 0.15) is 5.76 Å². The molecule has 4 heteroatoms. The third-order valence-electron chi connectivity index (χ3n) is 4.32. The average Bonchev–Trinajstić information content (AvgIpc) is 3.18. The van der Waals surface area contributed by atoms with Crippen molar-refractivity contribution < 1.29 is 4.42 Å². The third-order valence-corrected chi connectivity index (χ3v) is 5.30. The Morgan fingerprint density at radius 3 is 2.68 bits per heavy atom. The molecule has 0 spiro atoms. The summed E-state index contributed by atoms with van der Waals surface area (Å²) < 4.78 is 5.55. The minimum atomic E-state index is 0.901. The first-order chi connectivity index (χ1) is 10.8. The van der Waals surface area contributed by atoms with E-state index in [1.165, 1.54) is 48.7 Å². The quantitative estimate of drug-likeness (QED) is 0.765. The number of hydrogen-bond donors (Lipinski definition) is 0. The van der Waals surface area contributed by atoms with Crippen LogP contribution in [0.4, 0.5) is 0 Å². The fourth-order valence-corrected chi connectivity index (χ4v) is 4.03. The van der Waals surface area contributed by atoms with Crippen molar-refractivity contribution in [1.29, 1.82) is 0 Å². The van der Waals surface area contributed by atoms with Crippen LogP contribution in [0.3, 0.4) is 0 Å². The number of thiophene rings is 1. The van der Waals surface area contributed by atoms with Crippen molar-refractivity contribution in [2.75, 3.05) is 26.2 Å². The van der Waals surface area contributed by atoms with Gasteiger partial charge in [-0.1, -0.05) is 6.42 Å². The van der Waals surface area contributed by atoms with Gasteiger partial charge in [-0.25, -0.2) is 0 Å². The number of aryl methyl sites for hydroxylation is 1. The van der Waals surface area contributed by atoms with Crippen molar-refractivity contribution in [3.8, 4) is 0 Å². The summed E-state index contributed by atoms with van der Waals surface area (Å²) in [5.41, 5.74) is 0. The van der Waals surface area contributed by atoms with Gasteiger partial charge in [0.05, 0.1) is 12.8 Å². The Hall–Kier alpha value is -1.10. The highest BCUT2D eigenvalue weighted by atomic mass is 32.1. The van der Waals surface area contributed by atoms with E-state index >= 15 is 0 Å². The maximum absolute atomic E-state index is 5.55. The third kappa shape index (κ3) is 4.70. The molecule has 1 aliphatic heterocycles. The van der Waals surface area contributed by atoms with Gasteiger partial charge >= 0.3 is 0 Å². The molecule has 3 nitrogen and oxygen atoms in total. The standard InChI is InChI=1S/C18H26N2OS/c1-16-7-8-18(22-16)15-20(14-17-6-5-13-21-17)12-11-19-9-3-2-4-10-19/h5-8,13H,2-4,9-12,14-15H2,1H3. The predicted molar refractivity (Wildman–Crippen MR) is 92.2 cm³/mol. The van der Waals surface area contributed by atoms with Crippen LogP contribution in [0.2, 0.25) is 0 Å². The van der Waals surface area contributed by atoms with E-state index in [-0.39, 0.29) is 0 Å². The van der Waals surface area contributed by atoms with Gasteiger partial charge in [0.25, 0.3) is 0 Å². The minimum absolute atomic E-state index is 0.901. The Morgan fingerprint density at radius 1 is 1.14 bits per heavy atom. The molecule has 0 N–H and O–H groups in total. The maximum atomic E-state index is 5.55. The summed E-state index contributed by atoms with van der Waals surface area (Å²) in [6, 6.07) is 8.53. The molecule has 1 fully saturated rings. The molecule has 2 aromatic rings. The van der Waals surface area contributed by atoms with Gasteiger partial charge in [0.2, 0.25) is 0 Å². The molecule has 0 saturated carbocycles. The molecule has 0 atom stereocenters. The van der Waals surface area contributed by atoms with Crippen LogP contribution in [0.25, 0.3) is 0 Å². The van der Waals surface area contributed by atoms with Gasteiger partial charge in [-0.15, -0.1) is 11.3 Å². The lowest BCUT2D eigenvalue weighted by molar-refractivity contribution is 0.167. The van der Waals surface area contributed by atoms with Gasteiger partial charge < -0.3 is 9.32 Å². The minimum Gasteiger partial charge on any atom is -0.468 e. The highest BCUT2D eigenvalue weighted by Gasteiger charge is 2.14. The number of piperidine rings is 1. The molecule has 0 aromatic carbocycles. The zero-order valence-corrected chi connectivity index (χ0v) is 14.3. The van der Waals surface area contributed by atoms with Gasteiger partial charge in [0, 0.05) is 29.4 Å². The molecule has 22 heavy (non-hydrogen) atoms. The second kappa shape index (κ2) is 7.95. The summed E-state index contributed by atoms with van der Waals surface area (Å²) in [5, 5.41) is 0. The highest BCUT2D eigenvalue weighted by Crippen LogP contribution is 2.19. The monoisotopic (exact) mass is 318 g/mol. The zero-order valence-electron chi connectivity index (χ0n) is 13.5. The number of nitrogens with zero attached hydrogens (tertiary/aromatic N) is 2. The van der Waals surface area contributed by atoms with E-state index in [1.54, 1.807) is 6.26 Å². The van der Waals surface area contributed by atoms with Crippen molar-refractivity contribution >= 4 is 11.3 Å². The van der Waals surface area contributed by atoms with Crippen LogP contribution in [-0.2, 0) is 13.1 Å². The lowest BCUT2D eigenvalue weighted by atomic mass is 10.1. The molecule has 120 valence electrons. The fourth-order valence-electron chi connectivity index (χ4n) is 3.09. The van der Waals surface area contributed by atoms with Crippen LogP contribution in [0.5, 0.6) is 0 Å². The van der Waals surface area contributed by atoms with E-state index in [4.69, 9.17) is 4.42 Å². The first-order valence-electron chi connectivity index (χ1n) is 8.32. The lowest BCUT2D eigenvalue weighted by Gasteiger charge is -2.29. The summed E-state index contributed by atoms with van der Waals surface area (Å²) in [4.78, 5) is 7.96. The molecule has 1 aliphatic rings. The van der Waals surface area contributed by atoms with Crippen LogP contribution in [0.15, 0.2) is 34.9 Å². The van der Waals surface area contributed by atoms with Crippen molar-refractivity contribution in [2.45, 2.75) is 39.3 Å². The number of hydrogen-bond acceptors (Lipinski definition) is 4. The van der Waals surface area contributed by atoms with Crippen LogP contribution in [-0.4, -0.2) is 36.0 Å². The molecular weight excluding hydrogens is 292 g/mol. The Bertz CT molecular complexity index is 543. The van der Waals surface area contributed by atoms with E-state index in [9.17, 15) is 0 Å². The van der Waals surface area contributed by atoms with Crippen LogP contribution >= 0.6 is 11.3 Å². The largest absolute Gasteiger partial charge is 0.468 e. The highest BCUT2D eigenvalue weighted by molar-refractivity contribution is 7.11. The Balaban J connectivity index is 1.57. The molecule has 3 heterocycles. The molecule has 0 radical (unpaired) electrons. The van der Waals surface area contributed by atoms with Gasteiger partial charge in [-0.05, 0) is 57.1 Å². The molecular formula is C18H26N2OS. The average molecular weight is 318 g/mol. The Morgan fingerprint density at radius 2 is 2.00 bits per heavy atom. The normalized spacial score (nSPS) is 16.5. The Kier molecular flexibility index (Phi) is 5.70. The molecule has 0 unspecified atom stereocenters. The maximum Gasteiger partial charge on any atom is 0.117 e. The first kappa shape index (κ1) is 15.8. The van der Waals surface area contributed by atoms with Crippen molar-refractivity contribution in [1.82, 2.24) is 9.80 Å². The molecule has 1 saturated heterocycles. The summed E-state index contributed by atoms with van der Waals surface area (Å²) >= 11 is 1.90. The van der Waals surface area contributed by atoms with E-state index < -0.39 is 0 Å². The lowest BCUT2D eigenvalue weighted by Crippen LogP contribution is -2.37. The molecule has 0 bridgehead atoms. The summed E-state index contributed by atoms with van der Waals surface area (Å²) in [5.74, 6) is 1.06. The first-order valence-corrected chi connectivity index (χ1v) is 9.14. The Labute approximate surface area is 137 Å². The number of likely N-dealkylation sites (tertiary alicyclic amines) is 1. The second-order valence-corrected chi connectivity index (χ2v) is 7.58. The molecule has 0 aliphatic carbocycles. The van der Waals surface area contributed by atoms with E-state index in [2.05, 4.69) is 34.9 Å².